The zero-order valence-corrected chi connectivity index (χ0v) is 7.77. The molecule has 0 aliphatic carbocycles. The Labute approximate surface area is 72.5 Å². The van der Waals surface area contributed by atoms with Gasteiger partial charge in [0.15, 0.2) is 0 Å². The summed E-state index contributed by atoms with van der Waals surface area (Å²) < 4.78 is 9.84. The van der Waals surface area contributed by atoms with E-state index in [0.717, 1.165) is 0 Å². The highest BCUT2D eigenvalue weighted by molar-refractivity contribution is 7.81. The minimum absolute atomic E-state index is 0.127. The maximum Gasteiger partial charge on any atom is 0.315 e. The number of ether oxygens (including phenoxy) is 2. The predicted octanol–water partition coefficient (Wildman–Crippen LogP) is 0.884. The molecule has 0 radical (unpaired) electrons. The molecule has 0 rings (SSSR count). The van der Waals surface area contributed by atoms with Gasteiger partial charge in [-0.3, -0.25) is 4.79 Å². The molecule has 0 unspecified atom stereocenters. The lowest BCUT2D eigenvalue weighted by Gasteiger charge is -2.06. The van der Waals surface area contributed by atoms with E-state index in [1.165, 1.54) is 0 Å². The van der Waals surface area contributed by atoms with Crippen molar-refractivity contribution in [2.45, 2.75) is 20.0 Å². The van der Waals surface area contributed by atoms with Crippen LogP contribution >= 0.6 is 12.6 Å². The minimum atomic E-state index is -0.305. The Morgan fingerprint density at radius 1 is 1.45 bits per heavy atom. The monoisotopic (exact) mass is 178 g/mol. The van der Waals surface area contributed by atoms with E-state index in [1.807, 2.05) is 13.8 Å². The van der Waals surface area contributed by atoms with Gasteiger partial charge in [-0.25, -0.2) is 0 Å². The van der Waals surface area contributed by atoms with E-state index in [0.29, 0.717) is 13.2 Å². The maximum absolute atomic E-state index is 10.5. The molecule has 0 aromatic carbocycles. The first-order chi connectivity index (χ1) is 5.16. The summed E-state index contributed by atoms with van der Waals surface area (Å²) in [4.78, 5) is 10.5. The van der Waals surface area contributed by atoms with Crippen molar-refractivity contribution in [3.05, 3.63) is 0 Å². The van der Waals surface area contributed by atoms with Crippen LogP contribution in [0.4, 0.5) is 0 Å². The lowest BCUT2D eigenvalue weighted by atomic mass is 10.5. The van der Waals surface area contributed by atoms with Crippen LogP contribution in [0.25, 0.3) is 0 Å². The second kappa shape index (κ2) is 6.49. The molecule has 0 spiro atoms. The van der Waals surface area contributed by atoms with Gasteiger partial charge in [0.25, 0.3) is 0 Å². The van der Waals surface area contributed by atoms with Crippen molar-refractivity contribution in [2.75, 3.05) is 19.0 Å². The molecule has 0 aliphatic heterocycles. The molecule has 0 aliphatic rings. The van der Waals surface area contributed by atoms with Gasteiger partial charge in [0, 0.05) is 0 Å². The molecule has 0 amide bonds. The van der Waals surface area contributed by atoms with Crippen LogP contribution in [0.5, 0.6) is 0 Å². The zero-order chi connectivity index (χ0) is 8.69. The van der Waals surface area contributed by atoms with E-state index in [2.05, 4.69) is 12.6 Å². The highest BCUT2D eigenvalue weighted by atomic mass is 32.1. The summed E-state index contributed by atoms with van der Waals surface area (Å²) >= 11 is 3.74. The molecule has 0 heterocycles. The Morgan fingerprint density at radius 2 is 2.09 bits per heavy atom. The van der Waals surface area contributed by atoms with Crippen LogP contribution in [0, 0.1) is 0 Å². The van der Waals surface area contributed by atoms with Crippen molar-refractivity contribution in [1.29, 1.82) is 0 Å². The van der Waals surface area contributed by atoms with E-state index < -0.39 is 0 Å². The smallest absolute Gasteiger partial charge is 0.315 e. The molecular weight excluding hydrogens is 164 g/mol. The number of thiol groups is 1. The summed E-state index contributed by atoms with van der Waals surface area (Å²) in [6.07, 6.45) is 0.185. The quantitative estimate of drug-likeness (QED) is 0.386. The standard InChI is InChI=1S/C7H14O3S/c1-6(2)9-3-4-10-7(8)5-11/h6,11H,3-5H2,1-2H3. The SMILES string of the molecule is CC(C)OCCOC(=O)CS. The zero-order valence-electron chi connectivity index (χ0n) is 6.87. The molecule has 11 heavy (non-hydrogen) atoms. The summed E-state index contributed by atoms with van der Waals surface area (Å²) in [5.41, 5.74) is 0. The van der Waals surface area contributed by atoms with Gasteiger partial charge in [0.1, 0.15) is 6.61 Å². The van der Waals surface area contributed by atoms with Gasteiger partial charge >= 0.3 is 5.97 Å². The number of hydrogen-bond donors (Lipinski definition) is 1. The molecular formula is C7H14O3S. The highest BCUT2D eigenvalue weighted by Crippen LogP contribution is 1.88. The van der Waals surface area contributed by atoms with Crippen LogP contribution in [-0.4, -0.2) is 31.0 Å². The van der Waals surface area contributed by atoms with Crippen LogP contribution in [0.2, 0.25) is 0 Å². The van der Waals surface area contributed by atoms with Crippen LogP contribution < -0.4 is 0 Å². The van der Waals surface area contributed by atoms with E-state index in [1.54, 1.807) is 0 Å². The van der Waals surface area contributed by atoms with Crippen molar-refractivity contribution in [2.24, 2.45) is 0 Å². The number of hydrogen-bond acceptors (Lipinski definition) is 4. The first-order valence-corrected chi connectivity index (χ1v) is 4.18. The average molecular weight is 178 g/mol. The van der Waals surface area contributed by atoms with Crippen LogP contribution in [0.1, 0.15) is 13.8 Å². The summed E-state index contributed by atoms with van der Waals surface area (Å²) in [5.74, 6) is -0.178. The molecule has 4 heteroatoms. The van der Waals surface area contributed by atoms with Gasteiger partial charge in [-0.2, -0.15) is 12.6 Å². The van der Waals surface area contributed by atoms with Crippen LogP contribution in [0.3, 0.4) is 0 Å². The van der Waals surface area contributed by atoms with E-state index in [-0.39, 0.29) is 17.8 Å². The molecule has 0 atom stereocenters. The molecule has 0 aromatic rings. The molecule has 66 valence electrons. The summed E-state index contributed by atoms with van der Waals surface area (Å²) in [7, 11) is 0. The average Bonchev–Trinajstić information content (AvgIpc) is 1.97. The van der Waals surface area contributed by atoms with Crippen LogP contribution in [-0.2, 0) is 14.3 Å². The maximum atomic E-state index is 10.5. The number of esters is 1. The summed E-state index contributed by atoms with van der Waals surface area (Å²) in [5, 5.41) is 0. The Balaban J connectivity index is 3.08. The molecule has 0 aromatic heterocycles. The number of carbonyl (C=O) groups excluding carboxylic acids is 1. The Morgan fingerprint density at radius 3 is 2.55 bits per heavy atom. The molecule has 3 nitrogen and oxygen atoms in total. The third kappa shape index (κ3) is 7.68. The summed E-state index contributed by atoms with van der Waals surface area (Å²) in [6, 6.07) is 0. The topological polar surface area (TPSA) is 35.5 Å². The highest BCUT2D eigenvalue weighted by Gasteiger charge is 1.98. The van der Waals surface area contributed by atoms with Crippen molar-refractivity contribution in [1.82, 2.24) is 0 Å². The fourth-order valence-corrected chi connectivity index (χ4v) is 0.576. The van der Waals surface area contributed by atoms with E-state index >= 15 is 0 Å². The first-order valence-electron chi connectivity index (χ1n) is 3.55. The van der Waals surface area contributed by atoms with E-state index in [9.17, 15) is 4.79 Å². The molecule has 0 saturated carbocycles. The van der Waals surface area contributed by atoms with Crippen LogP contribution in [0.15, 0.2) is 0 Å². The minimum Gasteiger partial charge on any atom is -0.463 e. The Bertz CT molecular complexity index is 114. The third-order valence-corrected chi connectivity index (χ3v) is 1.18. The second-order valence-electron chi connectivity index (χ2n) is 2.30. The first kappa shape index (κ1) is 10.8. The normalized spacial score (nSPS) is 10.2. The van der Waals surface area contributed by atoms with E-state index in [4.69, 9.17) is 9.47 Å². The largest absolute Gasteiger partial charge is 0.463 e. The number of carbonyl (C=O) groups is 1. The van der Waals surface area contributed by atoms with Gasteiger partial charge < -0.3 is 9.47 Å². The summed E-state index contributed by atoms with van der Waals surface area (Å²) in [6.45, 7) is 4.63. The lowest BCUT2D eigenvalue weighted by Crippen LogP contribution is -2.13. The molecule has 0 saturated heterocycles. The molecule has 0 N–H and O–H groups in total. The second-order valence-corrected chi connectivity index (χ2v) is 2.61. The van der Waals surface area contributed by atoms with Gasteiger partial charge in [0.2, 0.25) is 0 Å². The van der Waals surface area contributed by atoms with Crippen molar-refractivity contribution in [3.8, 4) is 0 Å². The Hall–Kier alpha value is -0.220. The fourth-order valence-electron chi connectivity index (χ4n) is 0.485. The van der Waals surface area contributed by atoms with Gasteiger partial charge in [-0.1, -0.05) is 0 Å². The Kier molecular flexibility index (Phi) is 6.36. The molecule has 0 fully saturated rings. The van der Waals surface area contributed by atoms with Crippen molar-refractivity contribution < 1.29 is 14.3 Å². The predicted molar refractivity (Wildman–Crippen MR) is 45.9 cm³/mol. The van der Waals surface area contributed by atoms with Crippen molar-refractivity contribution in [3.63, 3.8) is 0 Å². The third-order valence-electron chi connectivity index (χ3n) is 0.927. The fraction of sp³-hybridized carbons (Fsp3) is 0.857. The number of rotatable bonds is 5. The van der Waals surface area contributed by atoms with Gasteiger partial charge in [-0.05, 0) is 13.8 Å². The van der Waals surface area contributed by atoms with Crippen molar-refractivity contribution >= 4 is 18.6 Å². The van der Waals surface area contributed by atoms with Gasteiger partial charge in [-0.15, -0.1) is 0 Å². The molecule has 0 bridgehead atoms. The van der Waals surface area contributed by atoms with Gasteiger partial charge in [0.05, 0.1) is 18.5 Å². The lowest BCUT2D eigenvalue weighted by molar-refractivity contribution is -0.142.